The minimum absolute atomic E-state index is 0.0410. The predicted octanol–water partition coefficient (Wildman–Crippen LogP) is -7.55. The number of hydrogen-bond acceptors (Lipinski definition) is 19. The topological polar surface area (TPSA) is 551 Å². The number of benzene rings is 2. The van der Waals surface area contributed by atoms with E-state index in [0.29, 0.717) is 11.1 Å². The average Bonchev–Trinajstić information content (AvgIpc) is 3.41. The van der Waals surface area contributed by atoms with Gasteiger partial charge in [-0.25, -0.2) is 4.79 Å². The van der Waals surface area contributed by atoms with Crippen LogP contribution in [0.5, 0.6) is 11.5 Å². The Hall–Kier alpha value is -8.82. The molecule has 2 rings (SSSR count). The molecule has 0 spiro atoms. The van der Waals surface area contributed by atoms with Gasteiger partial charge >= 0.3 is 11.9 Å². The molecule has 10 amide bonds. The van der Waals surface area contributed by atoms with E-state index in [1.807, 2.05) is 0 Å². The number of primary amides is 1. The summed E-state index contributed by atoms with van der Waals surface area (Å²) in [5, 5.41) is 79.6. The lowest BCUT2D eigenvalue weighted by Gasteiger charge is -2.27. The number of aliphatic hydroxyl groups is 2. The van der Waals surface area contributed by atoms with Gasteiger partial charge in [0, 0.05) is 19.4 Å². The molecule has 0 saturated carbocycles. The van der Waals surface area contributed by atoms with Crippen LogP contribution in [0.2, 0.25) is 0 Å². The fourth-order valence-corrected chi connectivity index (χ4v) is 7.64. The number of aromatic hydroxyl groups is 2. The number of carboxylic acid groups (broad SMARTS) is 2. The van der Waals surface area contributed by atoms with Crippen molar-refractivity contribution in [2.75, 3.05) is 38.3 Å². The monoisotopic (exact) mass is 1160 g/mol. The predicted molar refractivity (Wildman–Crippen MR) is 287 cm³/mol. The van der Waals surface area contributed by atoms with Crippen LogP contribution in [0.3, 0.4) is 0 Å². The van der Waals surface area contributed by atoms with Crippen LogP contribution in [-0.4, -0.2) is 200 Å². The lowest BCUT2D eigenvalue weighted by molar-refractivity contribution is -0.143. The molecule has 0 aromatic heterocycles. The van der Waals surface area contributed by atoms with E-state index in [-0.39, 0.29) is 61.9 Å². The zero-order valence-electron chi connectivity index (χ0n) is 44.0. The van der Waals surface area contributed by atoms with Gasteiger partial charge in [0.25, 0.3) is 0 Å². The van der Waals surface area contributed by atoms with Gasteiger partial charge in [-0.1, -0.05) is 24.3 Å². The van der Waals surface area contributed by atoms with Gasteiger partial charge in [-0.15, -0.1) is 0 Å². The van der Waals surface area contributed by atoms with Crippen molar-refractivity contribution in [3.05, 3.63) is 59.7 Å². The number of carboxylic acids is 2. The van der Waals surface area contributed by atoms with Gasteiger partial charge in [-0.05, 0) is 73.6 Å². The van der Waals surface area contributed by atoms with Crippen molar-refractivity contribution >= 4 is 88.7 Å². The number of nitrogens with two attached hydrogens (primary N) is 4. The molecule has 33 heteroatoms. The Morgan fingerprint density at radius 1 is 0.519 bits per heavy atom. The maximum Gasteiger partial charge on any atom is 0.326 e. The van der Waals surface area contributed by atoms with Crippen molar-refractivity contribution in [3.8, 4) is 11.5 Å². The molecule has 0 heterocycles. The highest BCUT2D eigenvalue weighted by atomic mass is 32.2. The summed E-state index contributed by atoms with van der Waals surface area (Å²) in [6, 6.07) is -4.55. The minimum atomic E-state index is -1.95. The minimum Gasteiger partial charge on any atom is -0.508 e. The van der Waals surface area contributed by atoms with E-state index in [1.165, 1.54) is 67.2 Å². The zero-order valence-corrected chi connectivity index (χ0v) is 44.9. The molecule has 0 fully saturated rings. The Morgan fingerprint density at radius 2 is 0.914 bits per heavy atom. The van der Waals surface area contributed by atoms with Gasteiger partial charge in [0.15, 0.2) is 5.96 Å². The van der Waals surface area contributed by atoms with E-state index in [0.717, 1.165) is 0 Å². The number of aliphatic hydroxyl groups excluding tert-OH is 2. The first-order valence-corrected chi connectivity index (χ1v) is 26.1. The Bertz CT molecular complexity index is 2560. The summed E-state index contributed by atoms with van der Waals surface area (Å²) in [6.45, 7) is -1.56. The maximum atomic E-state index is 14.0. The molecule has 2 aromatic carbocycles. The van der Waals surface area contributed by atoms with Crippen LogP contribution >= 0.6 is 11.8 Å². The molecule has 446 valence electrons. The third-order valence-corrected chi connectivity index (χ3v) is 12.1. The molecule has 0 saturated heterocycles. The highest BCUT2D eigenvalue weighted by molar-refractivity contribution is 7.98. The van der Waals surface area contributed by atoms with Crippen LogP contribution in [0, 0.1) is 0 Å². The average molecular weight is 1160 g/mol. The molecule has 0 aliphatic carbocycles. The quantitative estimate of drug-likeness (QED) is 0.0171. The molecule has 9 atom stereocenters. The lowest BCUT2D eigenvalue weighted by atomic mass is 10.0. The van der Waals surface area contributed by atoms with Crippen molar-refractivity contribution in [1.29, 1.82) is 0 Å². The molecular weight excluding hydrogens is 1090 g/mol. The molecule has 0 aliphatic rings. The molecule has 2 aromatic rings. The number of nitrogens with one attached hydrogen (secondary N) is 9. The number of guanidine groups is 1. The first kappa shape index (κ1) is 68.3. The van der Waals surface area contributed by atoms with Crippen molar-refractivity contribution < 1.29 is 88.2 Å². The van der Waals surface area contributed by atoms with Gasteiger partial charge < -0.3 is 101 Å². The zero-order chi connectivity index (χ0) is 60.9. The fourth-order valence-electron chi connectivity index (χ4n) is 7.17. The summed E-state index contributed by atoms with van der Waals surface area (Å²) in [5.74, 6) is -14.5. The number of rotatable bonds is 36. The van der Waals surface area contributed by atoms with Crippen LogP contribution in [0.25, 0.3) is 0 Å². The number of phenols is 2. The first-order chi connectivity index (χ1) is 38.2. The van der Waals surface area contributed by atoms with E-state index >= 15 is 0 Å². The Balaban J connectivity index is 2.31. The highest BCUT2D eigenvalue weighted by Crippen LogP contribution is 2.14. The second kappa shape index (κ2) is 34.9. The van der Waals surface area contributed by atoms with E-state index < -0.39 is 158 Å². The third-order valence-electron chi connectivity index (χ3n) is 11.5. The lowest BCUT2D eigenvalue weighted by Crippen LogP contribution is -2.61. The standard InChI is InChI=1S/C48H70N14O18S/c1-23(39(71)56-29(13-15-81-2)41(73)59-32(19-38(69)70)44(76)60-33(47(79)80)17-25-7-11-27(66)12-8-25)54-42(74)30(16-24-5-9-26(65)10-6-24)57-45(77)35(22-64)62-43(75)31(18-36(50)67)58-46(78)34(21-63)61-40(72)28(55-37(68)20-49)4-3-14-53-48(51)52/h5-12,23,28-35,63-66H,3-4,13-22,49H2,1-2H3,(H2,50,67)(H,54,74)(H,55,68)(H,56,71)(H,57,77)(H,58,78)(H,59,73)(H,60,76)(H,61,72)(H,62,75)(H,69,70)(H,79,80)(H4,51,52,53)/t23-,28-,29-,30-,31-,32-,33-,34-,35-/m0/s1. The summed E-state index contributed by atoms with van der Waals surface area (Å²) in [5.41, 5.74) is 22.0. The summed E-state index contributed by atoms with van der Waals surface area (Å²) >= 11 is 1.24. The van der Waals surface area contributed by atoms with Crippen LogP contribution < -0.4 is 70.8 Å². The molecular formula is C48H70N14O18S. The largest absolute Gasteiger partial charge is 0.508 e. The van der Waals surface area contributed by atoms with Crippen LogP contribution in [0.1, 0.15) is 50.2 Å². The molecule has 0 unspecified atom stereocenters. The number of thioether (sulfide) groups is 1. The summed E-state index contributed by atoms with van der Waals surface area (Å²) in [6.07, 6.45) is -1.00. The Kier molecular flexibility index (Phi) is 29.5. The molecule has 81 heavy (non-hydrogen) atoms. The van der Waals surface area contributed by atoms with E-state index in [2.05, 4.69) is 52.8 Å². The molecule has 0 bridgehead atoms. The summed E-state index contributed by atoms with van der Waals surface area (Å²) in [4.78, 5) is 160. The van der Waals surface area contributed by atoms with Gasteiger partial charge in [-0.3, -0.25) is 57.7 Å². The third kappa shape index (κ3) is 25.2. The van der Waals surface area contributed by atoms with Gasteiger partial charge in [0.1, 0.15) is 65.9 Å². The van der Waals surface area contributed by atoms with Crippen molar-refractivity contribution in [3.63, 3.8) is 0 Å². The number of carbonyl (C=O) groups is 12. The number of aliphatic carboxylic acids is 2. The normalized spacial score (nSPS) is 14.1. The second-order valence-corrected chi connectivity index (χ2v) is 18.9. The van der Waals surface area contributed by atoms with Gasteiger partial charge in [-0.2, -0.15) is 11.8 Å². The summed E-state index contributed by atoms with van der Waals surface area (Å²) in [7, 11) is 0. The second-order valence-electron chi connectivity index (χ2n) is 17.9. The first-order valence-electron chi connectivity index (χ1n) is 24.7. The van der Waals surface area contributed by atoms with Crippen molar-refractivity contribution in [1.82, 2.24) is 47.9 Å². The molecule has 32 nitrogen and oxygen atoms in total. The molecule has 0 aliphatic heterocycles. The fraction of sp³-hybridized carbons (Fsp3) is 0.479. The van der Waals surface area contributed by atoms with Gasteiger partial charge in [0.05, 0.1) is 32.6 Å². The Morgan fingerprint density at radius 3 is 1.35 bits per heavy atom. The molecule has 0 radical (unpaired) electrons. The number of amides is 10. The number of aliphatic imine (C=N–C) groups is 1. The number of hydrogen-bond donors (Lipinski definition) is 19. The number of nitrogens with zero attached hydrogens (tertiary/aromatic N) is 1. The van der Waals surface area contributed by atoms with E-state index in [9.17, 15) is 88.2 Å². The van der Waals surface area contributed by atoms with Crippen LogP contribution in [0.4, 0.5) is 0 Å². The Labute approximate surface area is 467 Å². The SMILES string of the molecule is CSCC[C@H](NC(=O)[C@H](C)NC(=O)[C@H](Cc1ccc(O)cc1)NC(=O)[C@H](CO)NC(=O)[C@H](CC(N)=O)NC(=O)[C@H](CO)NC(=O)[C@H](CCCN=C(N)N)NC(=O)CN)C(=O)N[C@@H](CC(=O)O)C(=O)N[C@@H](Cc1ccc(O)cc1)C(=O)O. The summed E-state index contributed by atoms with van der Waals surface area (Å²) < 4.78 is 0. The molecule has 23 N–H and O–H groups in total. The van der Waals surface area contributed by atoms with Crippen molar-refractivity contribution in [2.24, 2.45) is 27.9 Å². The number of carbonyl (C=O) groups excluding carboxylic acids is 10. The maximum absolute atomic E-state index is 14.0. The van der Waals surface area contributed by atoms with Gasteiger partial charge in [0.2, 0.25) is 59.1 Å². The van der Waals surface area contributed by atoms with E-state index in [4.69, 9.17) is 22.9 Å². The van der Waals surface area contributed by atoms with Crippen molar-refractivity contribution in [2.45, 2.75) is 106 Å². The smallest absolute Gasteiger partial charge is 0.326 e. The van der Waals surface area contributed by atoms with Crippen LogP contribution in [0.15, 0.2) is 53.5 Å². The highest BCUT2D eigenvalue weighted by Gasteiger charge is 2.35. The van der Waals surface area contributed by atoms with Crippen LogP contribution in [-0.2, 0) is 70.4 Å². The number of phenolic OH excluding ortho intramolecular Hbond substituents is 2. The van der Waals surface area contributed by atoms with E-state index in [1.54, 1.807) is 6.26 Å².